The fraction of sp³-hybridized carbons (Fsp3) is 0.600. The van der Waals surface area contributed by atoms with Crippen LogP contribution >= 0.6 is 0 Å². The zero-order valence-corrected chi connectivity index (χ0v) is 11.5. The molecule has 0 aliphatic rings. The minimum Gasteiger partial charge on any atom is -0.497 e. The predicted octanol–water partition coefficient (Wildman–Crippen LogP) is 3.26. The van der Waals surface area contributed by atoms with Crippen LogP contribution in [0.4, 0.5) is 0 Å². The summed E-state index contributed by atoms with van der Waals surface area (Å²) in [5.74, 6) is 1.70. The molecule has 1 rings (SSSR count). The Hall–Kier alpha value is -1.02. The van der Waals surface area contributed by atoms with Crippen LogP contribution in [-0.4, -0.2) is 19.7 Å². The monoisotopic (exact) mass is 235 g/mol. The Bertz CT molecular complexity index is 322. The maximum Gasteiger partial charge on any atom is 0.119 e. The van der Waals surface area contributed by atoms with Crippen molar-refractivity contribution in [1.82, 2.24) is 5.32 Å². The van der Waals surface area contributed by atoms with Crippen LogP contribution in [0.3, 0.4) is 0 Å². The zero-order chi connectivity index (χ0) is 12.7. The van der Waals surface area contributed by atoms with Crippen LogP contribution in [0.1, 0.15) is 32.8 Å². The van der Waals surface area contributed by atoms with Crippen molar-refractivity contribution in [3.63, 3.8) is 0 Å². The van der Waals surface area contributed by atoms with Crippen molar-refractivity contribution in [2.24, 2.45) is 5.92 Å². The van der Waals surface area contributed by atoms with Crippen molar-refractivity contribution in [3.8, 4) is 5.75 Å². The summed E-state index contributed by atoms with van der Waals surface area (Å²) >= 11 is 0. The van der Waals surface area contributed by atoms with Gasteiger partial charge in [-0.25, -0.2) is 0 Å². The van der Waals surface area contributed by atoms with Crippen LogP contribution in [0.5, 0.6) is 5.75 Å². The summed E-state index contributed by atoms with van der Waals surface area (Å²) in [6, 6.07) is 8.89. The van der Waals surface area contributed by atoms with E-state index in [-0.39, 0.29) is 0 Å². The van der Waals surface area contributed by atoms with Gasteiger partial charge in [-0.1, -0.05) is 26.0 Å². The molecular formula is C15H25NO. The first-order chi connectivity index (χ1) is 8.11. The normalized spacial score (nSPS) is 12.8. The molecule has 1 unspecified atom stereocenters. The van der Waals surface area contributed by atoms with E-state index in [4.69, 9.17) is 4.74 Å². The molecule has 0 fully saturated rings. The Morgan fingerprint density at radius 3 is 2.65 bits per heavy atom. The van der Waals surface area contributed by atoms with Gasteiger partial charge >= 0.3 is 0 Å². The number of methoxy groups -OCH3 is 1. The van der Waals surface area contributed by atoms with Gasteiger partial charge in [0, 0.05) is 6.04 Å². The standard InChI is InChI=1S/C15H25NO/c1-12(2)10-13(3)16-9-8-14-6-5-7-15(11-14)17-4/h5-7,11-13,16H,8-10H2,1-4H3. The lowest BCUT2D eigenvalue weighted by Crippen LogP contribution is -2.29. The fourth-order valence-electron chi connectivity index (χ4n) is 2.08. The Labute approximate surface area is 105 Å². The van der Waals surface area contributed by atoms with Crippen molar-refractivity contribution in [2.75, 3.05) is 13.7 Å². The molecule has 0 aliphatic carbocycles. The van der Waals surface area contributed by atoms with Gasteiger partial charge in [-0.15, -0.1) is 0 Å². The molecule has 0 radical (unpaired) electrons. The first-order valence-electron chi connectivity index (χ1n) is 6.48. The fourth-order valence-corrected chi connectivity index (χ4v) is 2.08. The van der Waals surface area contributed by atoms with Crippen LogP contribution < -0.4 is 10.1 Å². The van der Waals surface area contributed by atoms with Crippen LogP contribution in [0, 0.1) is 5.92 Å². The molecule has 0 aromatic heterocycles. The second-order valence-corrected chi connectivity index (χ2v) is 5.09. The van der Waals surface area contributed by atoms with E-state index in [1.54, 1.807) is 7.11 Å². The third kappa shape index (κ3) is 5.73. The average Bonchev–Trinajstić information content (AvgIpc) is 2.28. The van der Waals surface area contributed by atoms with E-state index in [0.29, 0.717) is 6.04 Å². The van der Waals surface area contributed by atoms with E-state index in [0.717, 1.165) is 24.6 Å². The summed E-state index contributed by atoms with van der Waals surface area (Å²) in [7, 11) is 1.71. The lowest BCUT2D eigenvalue weighted by atomic mass is 10.0. The molecule has 1 aromatic carbocycles. The molecule has 17 heavy (non-hydrogen) atoms. The molecule has 2 nitrogen and oxygen atoms in total. The molecule has 0 saturated heterocycles. The summed E-state index contributed by atoms with van der Waals surface area (Å²) in [5, 5.41) is 3.56. The quantitative estimate of drug-likeness (QED) is 0.783. The van der Waals surface area contributed by atoms with E-state index >= 15 is 0 Å². The van der Waals surface area contributed by atoms with Crippen LogP contribution in [0.15, 0.2) is 24.3 Å². The topological polar surface area (TPSA) is 21.3 Å². The second kappa shape index (κ2) is 7.33. The van der Waals surface area contributed by atoms with E-state index in [2.05, 4.69) is 38.2 Å². The van der Waals surface area contributed by atoms with Crippen molar-refractivity contribution in [3.05, 3.63) is 29.8 Å². The van der Waals surface area contributed by atoms with Crippen molar-refractivity contribution < 1.29 is 4.74 Å². The Balaban J connectivity index is 2.30. The molecule has 2 heteroatoms. The maximum atomic E-state index is 5.21. The zero-order valence-electron chi connectivity index (χ0n) is 11.5. The van der Waals surface area contributed by atoms with Crippen LogP contribution in [-0.2, 0) is 6.42 Å². The van der Waals surface area contributed by atoms with Crippen molar-refractivity contribution in [2.45, 2.75) is 39.7 Å². The Kier molecular flexibility index (Phi) is 6.06. The highest BCUT2D eigenvalue weighted by Crippen LogP contribution is 2.12. The molecule has 0 spiro atoms. The Morgan fingerprint density at radius 1 is 1.24 bits per heavy atom. The number of hydrogen-bond acceptors (Lipinski definition) is 2. The third-order valence-electron chi connectivity index (χ3n) is 2.87. The van der Waals surface area contributed by atoms with E-state index in [1.165, 1.54) is 12.0 Å². The minimum atomic E-state index is 0.598. The highest BCUT2D eigenvalue weighted by molar-refractivity contribution is 5.28. The SMILES string of the molecule is COc1cccc(CCNC(C)CC(C)C)c1. The van der Waals surface area contributed by atoms with Gasteiger partial charge in [-0.05, 0) is 49.9 Å². The van der Waals surface area contributed by atoms with Gasteiger partial charge < -0.3 is 10.1 Å². The maximum absolute atomic E-state index is 5.21. The molecule has 0 bridgehead atoms. The molecule has 1 aromatic rings. The summed E-state index contributed by atoms with van der Waals surface area (Å²) in [5.41, 5.74) is 1.33. The largest absolute Gasteiger partial charge is 0.497 e. The molecule has 0 saturated carbocycles. The molecule has 1 atom stereocenters. The highest BCUT2D eigenvalue weighted by Gasteiger charge is 2.03. The summed E-state index contributed by atoms with van der Waals surface area (Å²) < 4.78 is 5.21. The molecule has 0 amide bonds. The van der Waals surface area contributed by atoms with Crippen molar-refractivity contribution in [1.29, 1.82) is 0 Å². The number of rotatable bonds is 7. The van der Waals surface area contributed by atoms with E-state index in [9.17, 15) is 0 Å². The molecule has 0 heterocycles. The van der Waals surface area contributed by atoms with Crippen LogP contribution in [0.2, 0.25) is 0 Å². The van der Waals surface area contributed by atoms with Gasteiger partial charge in [0.15, 0.2) is 0 Å². The number of hydrogen-bond donors (Lipinski definition) is 1. The smallest absolute Gasteiger partial charge is 0.119 e. The lowest BCUT2D eigenvalue weighted by Gasteiger charge is -2.15. The molecule has 1 N–H and O–H groups in total. The molecule has 96 valence electrons. The molecular weight excluding hydrogens is 210 g/mol. The van der Waals surface area contributed by atoms with Gasteiger partial charge in [0.1, 0.15) is 5.75 Å². The molecule has 0 aliphatic heterocycles. The highest BCUT2D eigenvalue weighted by atomic mass is 16.5. The summed E-state index contributed by atoms with van der Waals surface area (Å²) in [6.07, 6.45) is 2.29. The van der Waals surface area contributed by atoms with Gasteiger partial charge in [0.2, 0.25) is 0 Å². The lowest BCUT2D eigenvalue weighted by molar-refractivity contribution is 0.414. The van der Waals surface area contributed by atoms with Crippen LogP contribution in [0.25, 0.3) is 0 Å². The van der Waals surface area contributed by atoms with Gasteiger partial charge in [-0.2, -0.15) is 0 Å². The average molecular weight is 235 g/mol. The summed E-state index contributed by atoms with van der Waals surface area (Å²) in [4.78, 5) is 0. The third-order valence-corrected chi connectivity index (χ3v) is 2.87. The minimum absolute atomic E-state index is 0.598. The number of nitrogens with one attached hydrogen (secondary N) is 1. The summed E-state index contributed by atoms with van der Waals surface area (Å²) in [6.45, 7) is 7.81. The predicted molar refractivity (Wildman–Crippen MR) is 73.6 cm³/mol. The first-order valence-corrected chi connectivity index (χ1v) is 6.48. The Morgan fingerprint density at radius 2 is 2.00 bits per heavy atom. The number of benzene rings is 1. The number of ether oxygens (including phenoxy) is 1. The van der Waals surface area contributed by atoms with Gasteiger partial charge in [0.25, 0.3) is 0 Å². The van der Waals surface area contributed by atoms with E-state index in [1.807, 2.05) is 12.1 Å². The van der Waals surface area contributed by atoms with Gasteiger partial charge in [0.05, 0.1) is 7.11 Å². The van der Waals surface area contributed by atoms with Crippen molar-refractivity contribution >= 4 is 0 Å². The second-order valence-electron chi connectivity index (χ2n) is 5.09. The van der Waals surface area contributed by atoms with E-state index < -0.39 is 0 Å². The first kappa shape index (κ1) is 14.0. The van der Waals surface area contributed by atoms with Gasteiger partial charge in [-0.3, -0.25) is 0 Å².